The van der Waals surface area contributed by atoms with Crippen molar-refractivity contribution < 1.29 is 4.42 Å². The fourth-order valence-electron chi connectivity index (χ4n) is 2.00. The van der Waals surface area contributed by atoms with Gasteiger partial charge in [-0.1, -0.05) is 18.2 Å². The second-order valence-electron chi connectivity index (χ2n) is 3.83. The molecule has 0 saturated carbocycles. The average molecular weight is 197 g/mol. The Morgan fingerprint density at radius 2 is 1.87 bits per heavy atom. The first-order chi connectivity index (χ1) is 7.25. The van der Waals surface area contributed by atoms with Crippen molar-refractivity contribution in [1.82, 2.24) is 0 Å². The predicted octanol–water partition coefficient (Wildman–Crippen LogP) is 3.48. The van der Waals surface area contributed by atoms with Gasteiger partial charge in [0.05, 0.1) is 5.69 Å². The highest BCUT2D eigenvalue weighted by Gasteiger charge is 2.08. The van der Waals surface area contributed by atoms with Crippen molar-refractivity contribution in [3.05, 3.63) is 42.0 Å². The second-order valence-corrected chi connectivity index (χ2v) is 3.83. The maximum absolute atomic E-state index is 5.93. The largest absolute Gasteiger partial charge is 0.454 e. The quantitative estimate of drug-likeness (QED) is 0.560. The van der Waals surface area contributed by atoms with Crippen LogP contribution in [0.2, 0.25) is 0 Å². The van der Waals surface area contributed by atoms with Crippen LogP contribution in [0.3, 0.4) is 0 Å². The number of hydrogen-bond donors (Lipinski definition) is 1. The monoisotopic (exact) mass is 197 g/mol. The minimum absolute atomic E-state index is 0.709. The number of para-hydroxylation sites is 1. The zero-order chi connectivity index (χ0) is 10.4. The van der Waals surface area contributed by atoms with Gasteiger partial charge < -0.3 is 10.2 Å². The Morgan fingerprint density at radius 1 is 1.07 bits per heavy atom. The Hall–Kier alpha value is -1.96. The van der Waals surface area contributed by atoms with Crippen LogP contribution in [0.5, 0.6) is 0 Å². The maximum atomic E-state index is 5.93. The summed E-state index contributed by atoms with van der Waals surface area (Å²) < 4.78 is 5.71. The number of rotatable bonds is 0. The molecule has 2 nitrogen and oxygen atoms in total. The molecule has 0 spiro atoms. The van der Waals surface area contributed by atoms with Crippen LogP contribution in [0.25, 0.3) is 21.9 Å². The van der Waals surface area contributed by atoms with Crippen LogP contribution in [0.15, 0.2) is 40.8 Å². The van der Waals surface area contributed by atoms with Gasteiger partial charge in [-0.25, -0.2) is 0 Å². The number of aryl methyl sites for hydroxylation is 1. The summed E-state index contributed by atoms with van der Waals surface area (Å²) in [6, 6.07) is 12.0. The summed E-state index contributed by atoms with van der Waals surface area (Å²) in [5, 5.41) is 2.23. The normalized spacial score (nSPS) is 11.3. The first-order valence-corrected chi connectivity index (χ1v) is 4.93. The number of benzene rings is 2. The van der Waals surface area contributed by atoms with Crippen LogP contribution in [0.1, 0.15) is 5.56 Å². The van der Waals surface area contributed by atoms with Crippen LogP contribution >= 0.6 is 0 Å². The number of nitrogens with two attached hydrogens (primary N) is 1. The van der Waals surface area contributed by atoms with Gasteiger partial charge in [-0.3, -0.25) is 0 Å². The lowest BCUT2D eigenvalue weighted by atomic mass is 10.1. The molecule has 0 atom stereocenters. The molecule has 0 amide bonds. The molecule has 0 unspecified atom stereocenters. The Balaban J connectivity index is 2.61. The molecule has 0 aliphatic heterocycles. The molecule has 0 radical (unpaired) electrons. The molecule has 2 aromatic carbocycles. The van der Waals surface area contributed by atoms with Crippen LogP contribution in [-0.2, 0) is 0 Å². The summed E-state index contributed by atoms with van der Waals surface area (Å²) >= 11 is 0. The average Bonchev–Trinajstić information content (AvgIpc) is 2.57. The van der Waals surface area contributed by atoms with Gasteiger partial charge in [0.2, 0.25) is 0 Å². The molecule has 15 heavy (non-hydrogen) atoms. The van der Waals surface area contributed by atoms with Crippen molar-refractivity contribution in [2.45, 2.75) is 6.92 Å². The molecular formula is C13H11NO. The summed E-state index contributed by atoms with van der Waals surface area (Å²) in [5.41, 5.74) is 9.48. The summed E-state index contributed by atoms with van der Waals surface area (Å²) in [5.74, 6) is 0. The van der Waals surface area contributed by atoms with E-state index in [0.717, 1.165) is 27.5 Å². The number of furan rings is 1. The molecule has 0 fully saturated rings. The Kier molecular flexibility index (Phi) is 1.54. The van der Waals surface area contributed by atoms with E-state index < -0.39 is 0 Å². The van der Waals surface area contributed by atoms with Crippen molar-refractivity contribution in [3.8, 4) is 0 Å². The molecule has 74 valence electrons. The van der Waals surface area contributed by atoms with Crippen LogP contribution < -0.4 is 5.73 Å². The predicted molar refractivity (Wildman–Crippen MR) is 62.9 cm³/mol. The lowest BCUT2D eigenvalue weighted by molar-refractivity contribution is 0.670. The van der Waals surface area contributed by atoms with Crippen molar-refractivity contribution >= 4 is 27.6 Å². The molecule has 3 rings (SSSR count). The summed E-state index contributed by atoms with van der Waals surface area (Å²) in [6.07, 6.45) is 0. The number of nitrogen functional groups attached to an aromatic ring is 1. The van der Waals surface area contributed by atoms with Crippen molar-refractivity contribution in [1.29, 1.82) is 0 Å². The van der Waals surface area contributed by atoms with Gasteiger partial charge in [0, 0.05) is 10.8 Å². The molecule has 0 aliphatic carbocycles. The molecular weight excluding hydrogens is 186 g/mol. The first-order valence-electron chi connectivity index (χ1n) is 4.93. The standard InChI is InChI=1S/C13H11NO/c1-8-6-10-9-4-2-3-5-12(9)15-13(10)11(14)7-8/h2-7H,14H2,1H3. The van der Waals surface area contributed by atoms with Crippen molar-refractivity contribution in [2.24, 2.45) is 0 Å². The highest BCUT2D eigenvalue weighted by molar-refractivity contribution is 6.08. The Labute approximate surface area is 87.3 Å². The highest BCUT2D eigenvalue weighted by atomic mass is 16.3. The van der Waals surface area contributed by atoms with E-state index in [-0.39, 0.29) is 0 Å². The number of fused-ring (bicyclic) bond motifs is 3. The third-order valence-electron chi connectivity index (χ3n) is 2.65. The lowest BCUT2D eigenvalue weighted by Gasteiger charge is -1.96. The molecule has 0 bridgehead atoms. The van der Waals surface area contributed by atoms with Gasteiger partial charge in [-0.05, 0) is 30.7 Å². The van der Waals surface area contributed by atoms with E-state index in [1.807, 2.05) is 31.2 Å². The summed E-state index contributed by atoms with van der Waals surface area (Å²) in [7, 11) is 0. The van der Waals surface area contributed by atoms with E-state index in [4.69, 9.17) is 10.2 Å². The Bertz CT molecular complexity index is 652. The van der Waals surface area contributed by atoms with E-state index >= 15 is 0 Å². The molecule has 2 N–H and O–H groups in total. The van der Waals surface area contributed by atoms with Crippen LogP contribution in [0.4, 0.5) is 5.69 Å². The molecule has 0 aliphatic rings. The van der Waals surface area contributed by atoms with Gasteiger partial charge >= 0.3 is 0 Å². The van der Waals surface area contributed by atoms with Crippen molar-refractivity contribution in [2.75, 3.05) is 5.73 Å². The maximum Gasteiger partial charge on any atom is 0.158 e. The summed E-state index contributed by atoms with van der Waals surface area (Å²) in [6.45, 7) is 2.04. The molecule has 1 heterocycles. The number of anilines is 1. The van der Waals surface area contributed by atoms with Gasteiger partial charge in [0.25, 0.3) is 0 Å². The first kappa shape index (κ1) is 8.36. The molecule has 1 aromatic heterocycles. The zero-order valence-corrected chi connectivity index (χ0v) is 8.45. The molecule has 0 saturated heterocycles. The fraction of sp³-hybridized carbons (Fsp3) is 0.0769. The van der Waals surface area contributed by atoms with E-state index in [1.165, 1.54) is 0 Å². The van der Waals surface area contributed by atoms with Crippen molar-refractivity contribution in [3.63, 3.8) is 0 Å². The minimum atomic E-state index is 0.709. The van der Waals surface area contributed by atoms with Gasteiger partial charge in [-0.2, -0.15) is 0 Å². The van der Waals surface area contributed by atoms with Gasteiger partial charge in [-0.15, -0.1) is 0 Å². The molecule has 2 heteroatoms. The van der Waals surface area contributed by atoms with Crippen LogP contribution in [0, 0.1) is 6.92 Å². The fourth-order valence-corrected chi connectivity index (χ4v) is 2.00. The van der Waals surface area contributed by atoms with E-state index in [1.54, 1.807) is 0 Å². The third kappa shape index (κ3) is 1.11. The van der Waals surface area contributed by atoms with E-state index in [9.17, 15) is 0 Å². The smallest absolute Gasteiger partial charge is 0.158 e. The lowest BCUT2D eigenvalue weighted by Crippen LogP contribution is -1.85. The third-order valence-corrected chi connectivity index (χ3v) is 2.65. The van der Waals surface area contributed by atoms with Gasteiger partial charge in [0.1, 0.15) is 5.58 Å². The molecule has 3 aromatic rings. The summed E-state index contributed by atoms with van der Waals surface area (Å²) in [4.78, 5) is 0. The topological polar surface area (TPSA) is 39.2 Å². The van der Waals surface area contributed by atoms with Gasteiger partial charge in [0.15, 0.2) is 5.58 Å². The van der Waals surface area contributed by atoms with E-state index in [2.05, 4.69) is 12.1 Å². The minimum Gasteiger partial charge on any atom is -0.454 e. The number of hydrogen-bond acceptors (Lipinski definition) is 2. The van der Waals surface area contributed by atoms with Crippen LogP contribution in [-0.4, -0.2) is 0 Å². The SMILES string of the molecule is Cc1cc(N)c2oc3ccccc3c2c1. The van der Waals surface area contributed by atoms with E-state index in [0.29, 0.717) is 5.69 Å². The highest BCUT2D eigenvalue weighted by Crippen LogP contribution is 2.32. The zero-order valence-electron chi connectivity index (χ0n) is 8.45. The second kappa shape index (κ2) is 2.76. The Morgan fingerprint density at radius 3 is 2.73 bits per heavy atom.